The first kappa shape index (κ1) is 23.0. The lowest BCUT2D eigenvalue weighted by Gasteiger charge is -2.17. The first-order chi connectivity index (χ1) is 14.7. The van der Waals surface area contributed by atoms with Crippen LogP contribution in [0.3, 0.4) is 0 Å². The van der Waals surface area contributed by atoms with E-state index in [4.69, 9.17) is 9.47 Å². The molecule has 162 valence electrons. The Hall–Kier alpha value is -2.72. The van der Waals surface area contributed by atoms with E-state index in [9.17, 15) is 9.59 Å². The number of halogens is 2. The number of ether oxygens (including phenoxy) is 3. The minimum absolute atomic E-state index is 0.280. The summed E-state index contributed by atoms with van der Waals surface area (Å²) in [6.07, 6.45) is 0.694. The number of rotatable bonds is 6. The molecule has 1 aromatic heterocycles. The summed E-state index contributed by atoms with van der Waals surface area (Å²) >= 11 is 6.80. The van der Waals surface area contributed by atoms with E-state index in [0.29, 0.717) is 38.3 Å². The van der Waals surface area contributed by atoms with Crippen molar-refractivity contribution in [2.75, 3.05) is 14.2 Å². The first-order valence-electron chi connectivity index (χ1n) is 9.10. The highest BCUT2D eigenvalue weighted by molar-refractivity contribution is 9.10. The number of benzene rings is 2. The molecule has 8 nitrogen and oxygen atoms in total. The Labute approximate surface area is 195 Å². The molecular weight excluding hydrogens is 534 g/mol. The molecule has 0 fully saturated rings. The van der Waals surface area contributed by atoms with Crippen molar-refractivity contribution in [3.05, 3.63) is 61.0 Å². The maximum absolute atomic E-state index is 12.9. The molecule has 0 N–H and O–H groups in total. The summed E-state index contributed by atoms with van der Waals surface area (Å²) < 4.78 is 18.3. The lowest BCUT2D eigenvalue weighted by atomic mass is 10.2. The molecule has 2 aromatic carbocycles. The topological polar surface area (TPSA) is 92.0 Å². The van der Waals surface area contributed by atoms with Crippen molar-refractivity contribution >= 4 is 54.9 Å². The van der Waals surface area contributed by atoms with Crippen LogP contribution in [0.15, 0.2) is 49.2 Å². The van der Waals surface area contributed by atoms with Gasteiger partial charge in [-0.25, -0.2) is 9.78 Å². The molecular formula is C21H19Br2N3O5. The van der Waals surface area contributed by atoms with Gasteiger partial charge in [0.25, 0.3) is 5.56 Å². The van der Waals surface area contributed by atoms with Crippen LogP contribution in [0, 0.1) is 6.92 Å². The largest absolute Gasteiger partial charge is 0.493 e. The minimum atomic E-state index is -0.820. The molecule has 3 rings (SSSR count). The van der Waals surface area contributed by atoms with Crippen molar-refractivity contribution in [2.45, 2.75) is 20.0 Å². The van der Waals surface area contributed by atoms with Crippen LogP contribution in [0.4, 0.5) is 0 Å². The number of nitrogens with zero attached hydrogens (tertiary/aromatic N) is 3. The molecule has 31 heavy (non-hydrogen) atoms. The van der Waals surface area contributed by atoms with Crippen LogP contribution in [0.5, 0.6) is 11.5 Å². The van der Waals surface area contributed by atoms with Crippen LogP contribution in [0.1, 0.15) is 18.3 Å². The molecule has 0 unspecified atom stereocenters. The molecule has 0 aliphatic carbocycles. The Bertz CT molecular complexity index is 1240. The molecule has 0 saturated heterocycles. The van der Waals surface area contributed by atoms with Gasteiger partial charge in [0.05, 0.1) is 35.8 Å². The number of carbonyl (C=O) groups is 1. The van der Waals surface area contributed by atoms with Gasteiger partial charge in [-0.15, -0.1) is 0 Å². The normalized spacial score (nSPS) is 12.2. The number of hydrogen-bond donors (Lipinski definition) is 0. The second-order valence-electron chi connectivity index (χ2n) is 6.50. The lowest BCUT2D eigenvalue weighted by molar-refractivity contribution is -0.147. The van der Waals surface area contributed by atoms with Crippen molar-refractivity contribution in [3.63, 3.8) is 0 Å². The summed E-state index contributed by atoms with van der Waals surface area (Å²) in [7, 11) is 2.77. The molecule has 10 heteroatoms. The molecule has 0 amide bonds. The molecule has 3 aromatic rings. The van der Waals surface area contributed by atoms with Gasteiger partial charge in [0.15, 0.2) is 17.6 Å². The highest BCUT2D eigenvalue weighted by Gasteiger charge is 2.20. The molecule has 1 atom stereocenters. The van der Waals surface area contributed by atoms with Gasteiger partial charge in [0, 0.05) is 4.47 Å². The van der Waals surface area contributed by atoms with E-state index < -0.39 is 12.1 Å². The molecule has 0 bridgehead atoms. The van der Waals surface area contributed by atoms with Gasteiger partial charge in [0.1, 0.15) is 5.82 Å². The zero-order valence-corrected chi connectivity index (χ0v) is 20.4. The highest BCUT2D eigenvalue weighted by Crippen LogP contribution is 2.37. The van der Waals surface area contributed by atoms with E-state index >= 15 is 0 Å². The molecule has 0 aliphatic heterocycles. The standard InChI is InChI=1S/C21H19Br2N3O5/c1-11(21(28)30-4)31-19-16(23)7-13(8-18(19)29-3)10-24-26-12(2)25-17-6-5-14(22)9-15(17)20(26)27/h5-11H,1-4H3/t11-/m1/s1. The third kappa shape index (κ3) is 4.96. The van der Waals surface area contributed by atoms with Crippen LogP contribution in [-0.2, 0) is 9.53 Å². The van der Waals surface area contributed by atoms with Crippen LogP contribution in [-0.4, -0.2) is 42.2 Å². The Kier molecular flexibility index (Phi) is 7.11. The predicted octanol–water partition coefficient (Wildman–Crippen LogP) is 4.06. The first-order valence-corrected chi connectivity index (χ1v) is 10.7. The average Bonchev–Trinajstić information content (AvgIpc) is 2.74. The SMILES string of the molecule is COC(=O)[C@@H](C)Oc1c(Br)cc(C=Nn2c(C)nc3ccc(Br)cc3c2=O)cc1OC. The van der Waals surface area contributed by atoms with Gasteiger partial charge >= 0.3 is 5.97 Å². The number of methoxy groups -OCH3 is 2. The Morgan fingerprint density at radius 2 is 1.97 bits per heavy atom. The van der Waals surface area contributed by atoms with E-state index in [1.54, 1.807) is 38.1 Å². The number of esters is 1. The van der Waals surface area contributed by atoms with E-state index in [1.165, 1.54) is 25.1 Å². The summed E-state index contributed by atoms with van der Waals surface area (Å²) in [5.41, 5.74) is 0.961. The average molecular weight is 553 g/mol. The highest BCUT2D eigenvalue weighted by atomic mass is 79.9. The summed E-state index contributed by atoms with van der Waals surface area (Å²) in [5, 5.41) is 4.77. The monoisotopic (exact) mass is 551 g/mol. The fraction of sp³-hybridized carbons (Fsp3) is 0.238. The zero-order chi connectivity index (χ0) is 22.7. The van der Waals surface area contributed by atoms with E-state index in [0.717, 1.165) is 4.47 Å². The van der Waals surface area contributed by atoms with Crippen molar-refractivity contribution in [2.24, 2.45) is 5.10 Å². The number of aryl methyl sites for hydroxylation is 1. The van der Waals surface area contributed by atoms with Crippen LogP contribution >= 0.6 is 31.9 Å². The Morgan fingerprint density at radius 3 is 2.65 bits per heavy atom. The summed E-state index contributed by atoms with van der Waals surface area (Å²) in [6.45, 7) is 3.29. The third-order valence-corrected chi connectivity index (χ3v) is 5.45. The fourth-order valence-corrected chi connectivity index (χ4v) is 3.75. The van der Waals surface area contributed by atoms with Gasteiger partial charge in [-0.2, -0.15) is 9.78 Å². The van der Waals surface area contributed by atoms with Crippen molar-refractivity contribution in [3.8, 4) is 11.5 Å². The fourth-order valence-electron chi connectivity index (χ4n) is 2.84. The minimum Gasteiger partial charge on any atom is -0.493 e. The van der Waals surface area contributed by atoms with E-state index in [2.05, 4.69) is 46.7 Å². The number of fused-ring (bicyclic) bond motifs is 1. The van der Waals surface area contributed by atoms with Crippen molar-refractivity contribution in [1.29, 1.82) is 0 Å². The molecule has 0 aliphatic rings. The van der Waals surface area contributed by atoms with Gasteiger partial charge in [-0.05, 0) is 65.7 Å². The lowest BCUT2D eigenvalue weighted by Crippen LogP contribution is -2.25. The van der Waals surface area contributed by atoms with E-state index in [1.807, 2.05) is 6.07 Å². The van der Waals surface area contributed by atoms with Gasteiger partial charge in [-0.3, -0.25) is 4.79 Å². The summed E-state index contributed by atoms with van der Waals surface area (Å²) in [4.78, 5) is 29.0. The molecule has 1 heterocycles. The smallest absolute Gasteiger partial charge is 0.346 e. The number of aromatic nitrogens is 2. The maximum atomic E-state index is 12.9. The molecule has 0 radical (unpaired) electrons. The van der Waals surface area contributed by atoms with E-state index in [-0.39, 0.29) is 5.56 Å². The van der Waals surface area contributed by atoms with Crippen molar-refractivity contribution in [1.82, 2.24) is 9.66 Å². The van der Waals surface area contributed by atoms with Crippen LogP contribution in [0.2, 0.25) is 0 Å². The second-order valence-corrected chi connectivity index (χ2v) is 8.27. The summed E-state index contributed by atoms with van der Waals surface area (Å²) in [5.74, 6) is 0.679. The maximum Gasteiger partial charge on any atom is 0.346 e. The summed E-state index contributed by atoms with van der Waals surface area (Å²) in [6, 6.07) is 8.73. The van der Waals surface area contributed by atoms with Crippen LogP contribution in [0.25, 0.3) is 10.9 Å². The second kappa shape index (κ2) is 9.61. The predicted molar refractivity (Wildman–Crippen MR) is 124 cm³/mol. The quantitative estimate of drug-likeness (QED) is 0.338. The molecule has 0 saturated carbocycles. The van der Waals surface area contributed by atoms with Gasteiger partial charge in [0.2, 0.25) is 0 Å². The molecule has 0 spiro atoms. The van der Waals surface area contributed by atoms with Gasteiger partial charge < -0.3 is 14.2 Å². The number of carbonyl (C=O) groups excluding carboxylic acids is 1. The third-order valence-electron chi connectivity index (χ3n) is 4.37. The van der Waals surface area contributed by atoms with Crippen molar-refractivity contribution < 1.29 is 19.0 Å². The Morgan fingerprint density at radius 1 is 1.23 bits per heavy atom. The number of hydrogen-bond acceptors (Lipinski definition) is 7. The van der Waals surface area contributed by atoms with Crippen LogP contribution < -0.4 is 15.0 Å². The Balaban J connectivity index is 1.99. The van der Waals surface area contributed by atoms with Gasteiger partial charge in [-0.1, -0.05) is 15.9 Å². The zero-order valence-electron chi connectivity index (χ0n) is 17.2.